The smallest absolute Gasteiger partial charge is 0.122 e. The highest BCUT2D eigenvalue weighted by molar-refractivity contribution is 9.10. The third kappa shape index (κ3) is 5.32. The average Bonchev–Trinajstić information content (AvgIpc) is 2.29. The van der Waals surface area contributed by atoms with E-state index in [4.69, 9.17) is 4.74 Å². The van der Waals surface area contributed by atoms with Crippen LogP contribution in [0.5, 0.6) is 5.75 Å². The van der Waals surface area contributed by atoms with Crippen LogP contribution in [0.15, 0.2) is 22.7 Å². The van der Waals surface area contributed by atoms with Crippen LogP contribution in [0.2, 0.25) is 0 Å². The van der Waals surface area contributed by atoms with E-state index in [0.29, 0.717) is 6.42 Å². The Bertz CT molecular complexity index is 344. The molecule has 17 heavy (non-hydrogen) atoms. The van der Waals surface area contributed by atoms with Gasteiger partial charge < -0.3 is 9.84 Å². The third-order valence-electron chi connectivity index (χ3n) is 2.58. The number of ether oxygens (including phenoxy) is 1. The topological polar surface area (TPSA) is 29.5 Å². The highest BCUT2D eigenvalue weighted by Crippen LogP contribution is 2.24. The summed E-state index contributed by atoms with van der Waals surface area (Å²) in [7, 11) is 1.66. The zero-order valence-electron chi connectivity index (χ0n) is 10.3. The molecule has 1 aromatic carbocycles. The van der Waals surface area contributed by atoms with Gasteiger partial charge in [0.15, 0.2) is 0 Å². The molecule has 0 fully saturated rings. The third-order valence-corrected chi connectivity index (χ3v) is 3.77. The number of methoxy groups -OCH3 is 1. The Hall–Kier alpha value is -0.190. The molecule has 4 heteroatoms. The SMILES string of the molecule is COc1ccc(Br)cc1CC(O)CCCSC. The minimum Gasteiger partial charge on any atom is -0.496 e. The normalized spacial score (nSPS) is 12.5. The summed E-state index contributed by atoms with van der Waals surface area (Å²) in [6, 6.07) is 5.88. The molecule has 0 aliphatic carbocycles. The van der Waals surface area contributed by atoms with Crippen LogP contribution >= 0.6 is 27.7 Å². The summed E-state index contributed by atoms with van der Waals surface area (Å²) < 4.78 is 6.31. The standard InChI is InChI=1S/C13H19BrO2S/c1-16-13-6-5-11(14)8-10(13)9-12(15)4-3-7-17-2/h5-6,8,12,15H,3-4,7,9H2,1-2H3. The number of benzene rings is 1. The summed E-state index contributed by atoms with van der Waals surface area (Å²) in [5.74, 6) is 1.95. The van der Waals surface area contributed by atoms with Crippen molar-refractivity contribution < 1.29 is 9.84 Å². The van der Waals surface area contributed by atoms with Crippen LogP contribution in [0.3, 0.4) is 0 Å². The summed E-state index contributed by atoms with van der Waals surface area (Å²) in [6.45, 7) is 0. The van der Waals surface area contributed by atoms with Gasteiger partial charge in [-0.3, -0.25) is 0 Å². The molecule has 96 valence electrons. The monoisotopic (exact) mass is 318 g/mol. The molecule has 0 bridgehead atoms. The molecule has 0 aliphatic heterocycles. The number of hydrogen-bond acceptors (Lipinski definition) is 3. The zero-order chi connectivity index (χ0) is 12.7. The lowest BCUT2D eigenvalue weighted by Crippen LogP contribution is -2.11. The van der Waals surface area contributed by atoms with Gasteiger partial charge in [-0.25, -0.2) is 0 Å². The molecule has 1 aromatic rings. The fourth-order valence-corrected chi connectivity index (χ4v) is 2.59. The number of thioether (sulfide) groups is 1. The van der Waals surface area contributed by atoms with Gasteiger partial charge in [0.1, 0.15) is 5.75 Å². The average molecular weight is 319 g/mol. The van der Waals surface area contributed by atoms with Crippen molar-refractivity contribution in [2.24, 2.45) is 0 Å². The first-order chi connectivity index (χ1) is 8.17. The van der Waals surface area contributed by atoms with Crippen molar-refractivity contribution in [1.82, 2.24) is 0 Å². The molecule has 0 spiro atoms. The van der Waals surface area contributed by atoms with Gasteiger partial charge in [0.05, 0.1) is 13.2 Å². The van der Waals surface area contributed by atoms with Crippen LogP contribution in [-0.4, -0.2) is 30.3 Å². The lowest BCUT2D eigenvalue weighted by Gasteiger charge is -2.13. The maximum atomic E-state index is 9.96. The van der Waals surface area contributed by atoms with Crippen molar-refractivity contribution in [3.05, 3.63) is 28.2 Å². The van der Waals surface area contributed by atoms with Crippen LogP contribution in [0.25, 0.3) is 0 Å². The van der Waals surface area contributed by atoms with E-state index in [0.717, 1.165) is 34.4 Å². The highest BCUT2D eigenvalue weighted by atomic mass is 79.9. The van der Waals surface area contributed by atoms with Crippen LogP contribution in [0, 0.1) is 0 Å². The minimum atomic E-state index is -0.287. The predicted molar refractivity (Wildman–Crippen MR) is 78.0 cm³/mol. The molecule has 0 amide bonds. The van der Waals surface area contributed by atoms with Crippen molar-refractivity contribution in [1.29, 1.82) is 0 Å². The second kappa shape index (κ2) is 8.01. The number of rotatable bonds is 7. The summed E-state index contributed by atoms with van der Waals surface area (Å²) in [6.07, 6.45) is 4.35. The Kier molecular flexibility index (Phi) is 7.00. The number of aliphatic hydroxyl groups excluding tert-OH is 1. The molecule has 0 saturated heterocycles. The predicted octanol–water partition coefficient (Wildman–Crippen LogP) is 3.50. The zero-order valence-corrected chi connectivity index (χ0v) is 12.7. The van der Waals surface area contributed by atoms with E-state index < -0.39 is 0 Å². The Balaban J connectivity index is 2.57. The fraction of sp³-hybridized carbons (Fsp3) is 0.538. The molecule has 0 aromatic heterocycles. The minimum absolute atomic E-state index is 0.287. The fourth-order valence-electron chi connectivity index (χ4n) is 1.73. The largest absolute Gasteiger partial charge is 0.496 e. The summed E-state index contributed by atoms with van der Waals surface area (Å²) in [5, 5.41) is 9.96. The lowest BCUT2D eigenvalue weighted by molar-refractivity contribution is 0.163. The van der Waals surface area contributed by atoms with Crippen molar-refractivity contribution in [2.45, 2.75) is 25.4 Å². The lowest BCUT2D eigenvalue weighted by atomic mass is 10.0. The first-order valence-electron chi connectivity index (χ1n) is 5.66. The van der Waals surface area contributed by atoms with Gasteiger partial charge in [-0.05, 0) is 48.6 Å². The molecule has 0 heterocycles. The summed E-state index contributed by atoms with van der Waals surface area (Å²) >= 11 is 5.26. The van der Waals surface area contributed by atoms with Gasteiger partial charge in [-0.2, -0.15) is 11.8 Å². The van der Waals surface area contributed by atoms with Crippen LogP contribution < -0.4 is 4.74 Å². The van der Waals surface area contributed by atoms with E-state index >= 15 is 0 Å². The second-order valence-corrected chi connectivity index (χ2v) is 5.85. The van der Waals surface area contributed by atoms with Crippen molar-refractivity contribution in [3.8, 4) is 5.75 Å². The molecule has 2 nitrogen and oxygen atoms in total. The Labute approximate surface area is 116 Å². The van der Waals surface area contributed by atoms with E-state index in [1.807, 2.05) is 30.0 Å². The van der Waals surface area contributed by atoms with Gasteiger partial charge in [0, 0.05) is 10.9 Å². The van der Waals surface area contributed by atoms with Crippen LogP contribution in [0.1, 0.15) is 18.4 Å². The van der Waals surface area contributed by atoms with E-state index in [1.165, 1.54) is 0 Å². The van der Waals surface area contributed by atoms with Crippen molar-refractivity contribution in [3.63, 3.8) is 0 Å². The molecule has 0 saturated carbocycles. The number of halogens is 1. The molecule has 0 radical (unpaired) electrons. The van der Waals surface area contributed by atoms with Crippen molar-refractivity contribution >= 4 is 27.7 Å². The van der Waals surface area contributed by atoms with E-state index in [1.54, 1.807) is 7.11 Å². The summed E-state index contributed by atoms with van der Waals surface area (Å²) in [4.78, 5) is 0. The van der Waals surface area contributed by atoms with Crippen LogP contribution in [0.4, 0.5) is 0 Å². The van der Waals surface area contributed by atoms with Gasteiger partial charge in [-0.15, -0.1) is 0 Å². The summed E-state index contributed by atoms with van der Waals surface area (Å²) in [5.41, 5.74) is 1.05. The van der Waals surface area contributed by atoms with Gasteiger partial charge in [-0.1, -0.05) is 15.9 Å². The molecular weight excluding hydrogens is 300 g/mol. The first-order valence-corrected chi connectivity index (χ1v) is 7.85. The van der Waals surface area contributed by atoms with Gasteiger partial charge in [0.2, 0.25) is 0 Å². The second-order valence-electron chi connectivity index (χ2n) is 3.95. The molecule has 1 N–H and O–H groups in total. The molecule has 0 aliphatic rings. The maximum absolute atomic E-state index is 9.96. The Morgan fingerprint density at radius 1 is 1.47 bits per heavy atom. The van der Waals surface area contributed by atoms with E-state index in [2.05, 4.69) is 22.2 Å². The maximum Gasteiger partial charge on any atom is 0.122 e. The number of hydrogen-bond donors (Lipinski definition) is 1. The van der Waals surface area contributed by atoms with Gasteiger partial charge >= 0.3 is 0 Å². The van der Waals surface area contributed by atoms with Crippen molar-refractivity contribution in [2.75, 3.05) is 19.1 Å². The Morgan fingerprint density at radius 2 is 2.24 bits per heavy atom. The van der Waals surface area contributed by atoms with Crippen LogP contribution in [-0.2, 0) is 6.42 Å². The highest BCUT2D eigenvalue weighted by Gasteiger charge is 2.10. The van der Waals surface area contributed by atoms with E-state index in [9.17, 15) is 5.11 Å². The van der Waals surface area contributed by atoms with Gasteiger partial charge in [0.25, 0.3) is 0 Å². The molecule has 1 unspecified atom stereocenters. The molecule has 1 atom stereocenters. The molecule has 1 rings (SSSR count). The van der Waals surface area contributed by atoms with E-state index in [-0.39, 0.29) is 6.10 Å². The Morgan fingerprint density at radius 3 is 2.88 bits per heavy atom. The quantitative estimate of drug-likeness (QED) is 0.780. The number of aliphatic hydroxyl groups is 1. The first kappa shape index (κ1) is 14.9. The molecular formula is C13H19BrO2S.